The molecule has 0 radical (unpaired) electrons. The number of piperidine rings is 1. The van der Waals surface area contributed by atoms with E-state index in [0.29, 0.717) is 12.5 Å². The number of halogens is 1. The third-order valence-electron chi connectivity index (χ3n) is 7.09. The van der Waals surface area contributed by atoms with Crippen molar-refractivity contribution in [1.82, 2.24) is 4.90 Å². The standard InChI is InChI=1S/C18H19FN2O/c1-16-11-21(15(22)13-5-3-4-6-14(13)19)18(10-20)9-12(16)7-8-17(16,18)2/h3-6,12H,7-9,11H2,1-2H3/t12-,16-,17+,18-/m1/s1. The molecule has 1 heterocycles. The molecule has 4 bridgehead atoms. The Bertz CT molecular complexity index is 726. The van der Waals surface area contributed by atoms with Gasteiger partial charge in [-0.25, -0.2) is 4.39 Å². The van der Waals surface area contributed by atoms with Crippen LogP contribution in [0.2, 0.25) is 0 Å². The fourth-order valence-electron chi connectivity index (χ4n) is 5.54. The van der Waals surface area contributed by atoms with E-state index in [9.17, 15) is 14.4 Å². The van der Waals surface area contributed by atoms with Gasteiger partial charge in [0.2, 0.25) is 0 Å². The zero-order valence-electron chi connectivity index (χ0n) is 12.9. The largest absolute Gasteiger partial charge is 0.319 e. The number of carbonyl (C=O) groups is 1. The summed E-state index contributed by atoms with van der Waals surface area (Å²) in [7, 11) is 0. The fourth-order valence-corrected chi connectivity index (χ4v) is 5.54. The van der Waals surface area contributed by atoms with Crippen LogP contribution < -0.4 is 0 Å². The zero-order valence-corrected chi connectivity index (χ0v) is 12.9. The van der Waals surface area contributed by atoms with Gasteiger partial charge in [0.05, 0.1) is 11.6 Å². The normalized spacial score (nSPS) is 41.7. The second-order valence-corrected chi connectivity index (χ2v) is 7.53. The van der Waals surface area contributed by atoms with Crippen LogP contribution in [0.25, 0.3) is 0 Å². The Labute approximate surface area is 129 Å². The van der Waals surface area contributed by atoms with Crippen LogP contribution >= 0.6 is 0 Å². The Hall–Kier alpha value is -1.89. The highest BCUT2D eigenvalue weighted by Gasteiger charge is 2.78. The van der Waals surface area contributed by atoms with Crippen molar-refractivity contribution in [1.29, 1.82) is 5.26 Å². The molecule has 3 aliphatic rings. The molecule has 22 heavy (non-hydrogen) atoms. The minimum Gasteiger partial charge on any atom is -0.319 e. The molecule has 3 fully saturated rings. The molecule has 2 aliphatic carbocycles. The van der Waals surface area contributed by atoms with Crippen molar-refractivity contribution in [3.05, 3.63) is 35.6 Å². The van der Waals surface area contributed by atoms with E-state index in [2.05, 4.69) is 19.9 Å². The molecule has 114 valence electrons. The van der Waals surface area contributed by atoms with E-state index in [1.807, 2.05) is 0 Å². The van der Waals surface area contributed by atoms with E-state index in [0.717, 1.165) is 19.3 Å². The molecule has 4 rings (SSSR count). The molecule has 0 unspecified atom stereocenters. The number of nitriles is 1. The van der Waals surface area contributed by atoms with Crippen molar-refractivity contribution < 1.29 is 9.18 Å². The number of hydrogen-bond donors (Lipinski definition) is 0. The number of likely N-dealkylation sites (tertiary alicyclic amines) is 1. The maximum atomic E-state index is 14.0. The Morgan fingerprint density at radius 3 is 2.77 bits per heavy atom. The maximum absolute atomic E-state index is 14.0. The van der Waals surface area contributed by atoms with Gasteiger partial charge in [0.1, 0.15) is 11.4 Å². The van der Waals surface area contributed by atoms with Crippen LogP contribution in [0, 0.1) is 33.9 Å². The molecule has 0 N–H and O–H groups in total. The Balaban J connectivity index is 1.82. The molecule has 4 atom stereocenters. The van der Waals surface area contributed by atoms with Crippen LogP contribution in [0.1, 0.15) is 43.5 Å². The minimum absolute atomic E-state index is 0.0242. The average Bonchev–Trinajstić information content (AvgIpc) is 2.96. The molecule has 1 aromatic rings. The average molecular weight is 298 g/mol. The lowest BCUT2D eigenvalue weighted by atomic mass is 9.66. The van der Waals surface area contributed by atoms with Gasteiger partial charge in [-0.05, 0) is 42.7 Å². The summed E-state index contributed by atoms with van der Waals surface area (Å²) in [6.45, 7) is 4.92. The van der Waals surface area contributed by atoms with Crippen LogP contribution in [-0.4, -0.2) is 22.9 Å². The molecule has 1 saturated heterocycles. The van der Waals surface area contributed by atoms with Crippen molar-refractivity contribution in [2.45, 2.75) is 38.6 Å². The topological polar surface area (TPSA) is 44.1 Å². The maximum Gasteiger partial charge on any atom is 0.258 e. The number of nitrogens with zero attached hydrogens (tertiary/aromatic N) is 2. The smallest absolute Gasteiger partial charge is 0.258 e. The molecular formula is C18H19FN2O. The minimum atomic E-state index is -0.774. The van der Waals surface area contributed by atoms with Gasteiger partial charge in [0.15, 0.2) is 0 Å². The van der Waals surface area contributed by atoms with Crippen molar-refractivity contribution in [3.63, 3.8) is 0 Å². The van der Waals surface area contributed by atoms with Crippen LogP contribution in [0.4, 0.5) is 4.39 Å². The number of carbonyl (C=O) groups excluding carboxylic acids is 1. The first-order valence-corrected chi connectivity index (χ1v) is 7.87. The first kappa shape index (κ1) is 13.8. The van der Waals surface area contributed by atoms with Gasteiger partial charge in [-0.2, -0.15) is 5.26 Å². The number of benzene rings is 1. The molecule has 4 heteroatoms. The van der Waals surface area contributed by atoms with E-state index in [1.54, 1.807) is 17.0 Å². The van der Waals surface area contributed by atoms with E-state index in [1.165, 1.54) is 12.1 Å². The van der Waals surface area contributed by atoms with Gasteiger partial charge in [-0.1, -0.05) is 26.0 Å². The van der Waals surface area contributed by atoms with Crippen LogP contribution in [0.3, 0.4) is 0 Å². The lowest BCUT2D eigenvalue weighted by Gasteiger charge is -2.43. The fraction of sp³-hybridized carbons (Fsp3) is 0.556. The summed E-state index contributed by atoms with van der Waals surface area (Å²) in [4.78, 5) is 14.6. The molecule has 0 spiro atoms. The van der Waals surface area contributed by atoms with Gasteiger partial charge in [0, 0.05) is 12.0 Å². The van der Waals surface area contributed by atoms with Crippen molar-refractivity contribution in [2.75, 3.05) is 6.54 Å². The molecule has 1 aromatic carbocycles. The quantitative estimate of drug-likeness (QED) is 0.798. The second kappa shape index (κ2) is 3.90. The molecule has 3 nitrogen and oxygen atoms in total. The highest BCUT2D eigenvalue weighted by molar-refractivity contribution is 5.96. The molecule has 0 aromatic heterocycles. The summed E-state index contributed by atoms with van der Waals surface area (Å²) in [5.74, 6) is -0.347. The third kappa shape index (κ3) is 1.21. The molecule has 1 aliphatic heterocycles. The first-order valence-electron chi connectivity index (χ1n) is 7.87. The van der Waals surface area contributed by atoms with E-state index < -0.39 is 11.4 Å². The predicted octanol–water partition coefficient (Wildman–Crippen LogP) is 3.37. The summed E-state index contributed by atoms with van der Waals surface area (Å²) < 4.78 is 14.0. The van der Waals surface area contributed by atoms with Gasteiger partial charge in [0.25, 0.3) is 5.91 Å². The van der Waals surface area contributed by atoms with Gasteiger partial charge in [-0.15, -0.1) is 0 Å². The van der Waals surface area contributed by atoms with Crippen molar-refractivity contribution in [3.8, 4) is 6.07 Å². The predicted molar refractivity (Wildman–Crippen MR) is 79.3 cm³/mol. The van der Waals surface area contributed by atoms with Gasteiger partial charge < -0.3 is 4.90 Å². The number of hydrogen-bond acceptors (Lipinski definition) is 2. The molecule has 2 saturated carbocycles. The highest BCUT2D eigenvalue weighted by atomic mass is 19.1. The van der Waals surface area contributed by atoms with E-state index >= 15 is 0 Å². The lowest BCUT2D eigenvalue weighted by molar-refractivity contribution is 0.0425. The highest BCUT2D eigenvalue weighted by Crippen LogP contribution is 2.75. The Morgan fingerprint density at radius 2 is 2.14 bits per heavy atom. The van der Waals surface area contributed by atoms with E-state index in [4.69, 9.17) is 0 Å². The van der Waals surface area contributed by atoms with Crippen LogP contribution in [0.15, 0.2) is 24.3 Å². The Kier molecular flexibility index (Phi) is 2.44. The lowest BCUT2D eigenvalue weighted by Crippen LogP contribution is -2.54. The van der Waals surface area contributed by atoms with Crippen LogP contribution in [-0.2, 0) is 0 Å². The number of rotatable bonds is 1. The Morgan fingerprint density at radius 1 is 1.41 bits per heavy atom. The number of amides is 1. The SMILES string of the molecule is C[C@@]12CC[C@@H]3C[C@]1(C#N)N(C(=O)c1ccccc1F)C[C@]32C. The summed E-state index contributed by atoms with van der Waals surface area (Å²) in [6, 6.07) is 8.52. The molecule has 1 amide bonds. The monoisotopic (exact) mass is 298 g/mol. The second-order valence-electron chi connectivity index (χ2n) is 7.53. The first-order chi connectivity index (χ1) is 10.4. The summed E-state index contributed by atoms with van der Waals surface area (Å²) in [6.07, 6.45) is 2.84. The van der Waals surface area contributed by atoms with Crippen molar-refractivity contribution in [2.24, 2.45) is 16.7 Å². The molecular weight excluding hydrogens is 279 g/mol. The summed E-state index contributed by atoms with van der Waals surface area (Å²) in [5, 5.41) is 9.94. The van der Waals surface area contributed by atoms with Crippen LogP contribution in [0.5, 0.6) is 0 Å². The summed E-state index contributed by atoms with van der Waals surface area (Å²) in [5.41, 5.74) is -0.902. The van der Waals surface area contributed by atoms with Gasteiger partial charge in [-0.3, -0.25) is 4.79 Å². The zero-order chi connectivity index (χ0) is 15.8. The van der Waals surface area contributed by atoms with Crippen molar-refractivity contribution >= 4 is 5.91 Å². The van der Waals surface area contributed by atoms with Gasteiger partial charge >= 0.3 is 0 Å². The summed E-state index contributed by atoms with van der Waals surface area (Å²) >= 11 is 0. The van der Waals surface area contributed by atoms with E-state index in [-0.39, 0.29) is 22.3 Å². The third-order valence-corrected chi connectivity index (χ3v) is 7.09.